The first-order valence-corrected chi connectivity index (χ1v) is 13.2. The van der Waals surface area contributed by atoms with Gasteiger partial charge in [0.2, 0.25) is 5.91 Å². The van der Waals surface area contributed by atoms with Gasteiger partial charge in [0.15, 0.2) is 0 Å². The van der Waals surface area contributed by atoms with E-state index in [0.717, 1.165) is 23.4 Å². The van der Waals surface area contributed by atoms with E-state index in [1.54, 1.807) is 0 Å². The Balaban J connectivity index is 0. The van der Waals surface area contributed by atoms with Crippen LogP contribution in [0.5, 0.6) is 0 Å². The monoisotopic (exact) mass is 490 g/mol. The van der Waals surface area contributed by atoms with Crippen LogP contribution in [0.15, 0.2) is 25.3 Å². The van der Waals surface area contributed by atoms with Crippen molar-refractivity contribution in [1.29, 1.82) is 0 Å². The van der Waals surface area contributed by atoms with Crippen LogP contribution in [0.3, 0.4) is 0 Å². The highest BCUT2D eigenvalue weighted by Crippen LogP contribution is 2.10. The molecular weight excluding hydrogens is 444 g/mol. The number of hydrogen-bond acceptors (Lipinski definition) is 6. The Labute approximate surface area is 201 Å². The Morgan fingerprint density at radius 2 is 1.36 bits per heavy atom. The van der Waals surface area contributed by atoms with E-state index in [9.17, 15) is 22.6 Å². The van der Waals surface area contributed by atoms with Crippen molar-refractivity contribution in [3.63, 3.8) is 0 Å². The van der Waals surface area contributed by atoms with Crippen molar-refractivity contribution in [2.24, 2.45) is 0 Å². The summed E-state index contributed by atoms with van der Waals surface area (Å²) in [6.45, 7) is 11.3. The summed E-state index contributed by atoms with van der Waals surface area (Å²) in [5, 5.41) is 2.33. The topological polar surface area (TPSA) is 113 Å². The zero-order valence-corrected chi connectivity index (χ0v) is 22.2. The van der Waals surface area contributed by atoms with Crippen LogP contribution in [0.4, 0.5) is 0 Å². The summed E-state index contributed by atoms with van der Waals surface area (Å²) in [5.74, 6) is -1.45. The molecule has 0 aromatic heterocycles. The van der Waals surface area contributed by atoms with E-state index >= 15 is 0 Å². The highest BCUT2D eigenvalue weighted by atomic mass is 32.2. The molecule has 1 N–H and O–H groups in total. The molecular formula is C24H46N2O6S. The largest absolute Gasteiger partial charge is 0.748 e. The number of rotatable bonds is 17. The van der Waals surface area contributed by atoms with Gasteiger partial charge in [0.25, 0.3) is 0 Å². The summed E-state index contributed by atoms with van der Waals surface area (Å²) in [4.78, 5) is 21.6. The van der Waals surface area contributed by atoms with Gasteiger partial charge in [-0.15, -0.1) is 0 Å². The first kappa shape index (κ1) is 33.5. The van der Waals surface area contributed by atoms with Crippen LogP contribution >= 0.6 is 0 Å². The molecule has 0 aromatic carbocycles. The fourth-order valence-electron chi connectivity index (χ4n) is 3.02. The number of nitrogens with one attached hydrogen (secondary N) is 1. The third kappa shape index (κ3) is 28.3. The van der Waals surface area contributed by atoms with Gasteiger partial charge in [-0.1, -0.05) is 51.7 Å². The molecule has 0 radical (unpaired) electrons. The molecule has 0 spiro atoms. The molecule has 0 bridgehead atoms. The lowest BCUT2D eigenvalue weighted by molar-refractivity contribution is -0.870. The predicted molar refractivity (Wildman–Crippen MR) is 133 cm³/mol. The zero-order valence-electron chi connectivity index (χ0n) is 21.4. The van der Waals surface area contributed by atoms with Crippen LogP contribution in [0.2, 0.25) is 0 Å². The number of unbranched alkanes of at least 4 members (excludes halogenated alkanes) is 8. The van der Waals surface area contributed by atoms with E-state index in [4.69, 9.17) is 4.74 Å². The Bertz CT molecular complexity index is 682. The second-order valence-electron chi connectivity index (χ2n) is 9.85. The maximum Gasteiger partial charge on any atom is 0.330 e. The smallest absolute Gasteiger partial charge is 0.330 e. The number of esters is 1. The van der Waals surface area contributed by atoms with Gasteiger partial charge in [0.1, 0.15) is 0 Å². The summed E-state index contributed by atoms with van der Waals surface area (Å²) >= 11 is 0. The Hall–Kier alpha value is -1.71. The number of ether oxygens (including phenoxy) is 1. The van der Waals surface area contributed by atoms with Crippen LogP contribution in [0.25, 0.3) is 0 Å². The van der Waals surface area contributed by atoms with E-state index in [1.807, 2.05) is 0 Å². The van der Waals surface area contributed by atoms with Gasteiger partial charge in [0.05, 0.1) is 50.2 Å². The molecule has 33 heavy (non-hydrogen) atoms. The second kappa shape index (κ2) is 17.7. The fourth-order valence-corrected chi connectivity index (χ4v) is 3.98. The molecule has 9 heteroatoms. The van der Waals surface area contributed by atoms with Crippen molar-refractivity contribution in [3.8, 4) is 0 Å². The summed E-state index contributed by atoms with van der Waals surface area (Å²) in [6, 6.07) is 0. The van der Waals surface area contributed by atoms with Crippen LogP contribution in [-0.2, 0) is 24.4 Å². The lowest BCUT2D eigenvalue weighted by Crippen LogP contribution is -2.47. The third-order valence-electron chi connectivity index (χ3n) is 4.57. The van der Waals surface area contributed by atoms with E-state index in [1.165, 1.54) is 71.4 Å². The van der Waals surface area contributed by atoms with Crippen molar-refractivity contribution in [3.05, 3.63) is 25.3 Å². The number of hydrogen-bond donors (Lipinski definition) is 1. The summed E-state index contributed by atoms with van der Waals surface area (Å²) in [5.41, 5.74) is -1.06. The van der Waals surface area contributed by atoms with Gasteiger partial charge < -0.3 is 19.1 Å². The fraction of sp³-hybridized carbons (Fsp3) is 0.750. The third-order valence-corrected chi connectivity index (χ3v) is 5.64. The molecule has 0 rings (SSSR count). The van der Waals surface area contributed by atoms with E-state index < -0.39 is 27.3 Å². The minimum absolute atomic E-state index is 0.307. The van der Waals surface area contributed by atoms with Gasteiger partial charge >= 0.3 is 5.97 Å². The van der Waals surface area contributed by atoms with Crippen molar-refractivity contribution < 1.29 is 31.8 Å². The number of amides is 1. The van der Waals surface area contributed by atoms with Crippen molar-refractivity contribution in [1.82, 2.24) is 5.32 Å². The summed E-state index contributed by atoms with van der Waals surface area (Å²) in [7, 11) is 2.43. The predicted octanol–water partition coefficient (Wildman–Crippen LogP) is 3.55. The van der Waals surface area contributed by atoms with E-state index in [2.05, 4.69) is 39.6 Å². The van der Waals surface area contributed by atoms with Crippen LogP contribution in [0, 0.1) is 0 Å². The average molecular weight is 491 g/mol. The minimum Gasteiger partial charge on any atom is -0.748 e. The van der Waals surface area contributed by atoms with Gasteiger partial charge in [-0.2, -0.15) is 0 Å². The SMILES string of the molecule is C=CC(=O)NC(C)(C)CS(=O)(=O)[O-].C=CC(=O)OCCCCCCCCCCC[N+](C)(C)C. The number of carbonyl (C=O) groups excluding carboxylic acids is 2. The molecule has 0 saturated carbocycles. The average Bonchev–Trinajstić information content (AvgIpc) is 2.65. The van der Waals surface area contributed by atoms with Gasteiger partial charge in [-0.3, -0.25) is 4.79 Å². The molecule has 1 amide bonds. The highest BCUT2D eigenvalue weighted by Gasteiger charge is 2.22. The molecule has 0 aliphatic carbocycles. The quantitative estimate of drug-likeness (QED) is 0.110. The number of quaternary nitrogens is 1. The zero-order chi connectivity index (χ0) is 26.0. The maximum atomic E-state index is 10.8. The van der Waals surface area contributed by atoms with Crippen LogP contribution in [0.1, 0.15) is 71.6 Å². The maximum absolute atomic E-state index is 10.8. The molecule has 0 saturated heterocycles. The Morgan fingerprint density at radius 1 is 0.909 bits per heavy atom. The first-order chi connectivity index (χ1) is 15.1. The van der Waals surface area contributed by atoms with Gasteiger partial charge in [0, 0.05) is 11.6 Å². The Morgan fingerprint density at radius 3 is 1.76 bits per heavy atom. The van der Waals surface area contributed by atoms with Crippen molar-refractivity contribution in [2.75, 3.05) is 40.0 Å². The lowest BCUT2D eigenvalue weighted by atomic mass is 10.1. The van der Waals surface area contributed by atoms with Crippen molar-refractivity contribution >= 4 is 22.0 Å². The van der Waals surface area contributed by atoms with Crippen LogP contribution in [-0.4, -0.2) is 74.9 Å². The molecule has 194 valence electrons. The minimum atomic E-state index is -4.33. The normalized spacial score (nSPS) is 11.7. The van der Waals surface area contributed by atoms with Gasteiger partial charge in [-0.25, -0.2) is 13.2 Å². The standard InChI is InChI=1S/C17H34NO2.C7H13NO4S/c1-5-17(19)20-16-14-12-10-8-6-7-9-11-13-15-18(2,3)4;1-4-6(9)8-7(2,3)5-13(10,11)12/h5H,1,6-16H2,2-4H3;4H,1,5H2,2-3H3,(H,8,9)(H,10,11,12)/q+1;/p-1. The van der Waals surface area contributed by atoms with Crippen LogP contribution < -0.4 is 5.32 Å². The van der Waals surface area contributed by atoms with Crippen molar-refractivity contribution in [2.45, 2.75) is 77.2 Å². The highest BCUT2D eigenvalue weighted by molar-refractivity contribution is 7.85. The molecule has 0 aromatic rings. The van der Waals surface area contributed by atoms with E-state index in [-0.39, 0.29) is 5.97 Å². The molecule has 0 aliphatic heterocycles. The first-order valence-electron chi connectivity index (χ1n) is 11.6. The van der Waals surface area contributed by atoms with Gasteiger partial charge in [-0.05, 0) is 39.2 Å². The van der Waals surface area contributed by atoms with E-state index in [0.29, 0.717) is 6.61 Å². The number of carbonyl (C=O) groups is 2. The molecule has 0 unspecified atom stereocenters. The number of nitrogens with zero attached hydrogens (tertiary/aromatic N) is 1. The lowest BCUT2D eigenvalue weighted by Gasteiger charge is -2.26. The molecule has 0 heterocycles. The molecule has 0 atom stereocenters. The summed E-state index contributed by atoms with van der Waals surface area (Å²) < 4.78 is 37.2. The summed E-state index contributed by atoms with van der Waals surface area (Å²) in [6.07, 6.45) is 13.7. The molecule has 8 nitrogen and oxygen atoms in total. The molecule has 0 fully saturated rings. The molecule has 0 aliphatic rings. The second-order valence-corrected chi connectivity index (χ2v) is 11.3. The Kier molecular flexibility index (Phi) is 18.0.